The Kier molecular flexibility index (Phi) is 19.8. The molecule has 2 aliphatic carbocycles. The minimum absolute atomic E-state index is 0.0968. The Morgan fingerprint density at radius 3 is 1.28 bits per heavy atom. The first-order valence-electron chi connectivity index (χ1n) is 25.4. The Balaban J connectivity index is 0.786. The summed E-state index contributed by atoms with van der Waals surface area (Å²) in [6, 6.07) is 40.2. The molecule has 7 rings (SSSR count). The molecule has 0 aromatic heterocycles. The molecule has 0 saturated heterocycles. The second-order valence-corrected chi connectivity index (χ2v) is 18.7. The van der Waals surface area contributed by atoms with Crippen LogP contribution in [0.2, 0.25) is 0 Å². The van der Waals surface area contributed by atoms with Crippen molar-refractivity contribution < 1.29 is 47.6 Å². The van der Waals surface area contributed by atoms with Gasteiger partial charge in [0.1, 0.15) is 11.5 Å². The minimum atomic E-state index is -0.432. The van der Waals surface area contributed by atoms with Gasteiger partial charge in [-0.1, -0.05) is 86.0 Å². The lowest BCUT2D eigenvalue weighted by Gasteiger charge is -2.29. The topological polar surface area (TPSA) is 147 Å². The summed E-state index contributed by atoms with van der Waals surface area (Å²) in [7, 11) is 0. The maximum absolute atomic E-state index is 13.2. The van der Waals surface area contributed by atoms with E-state index in [1.165, 1.54) is 23.3 Å². The van der Waals surface area contributed by atoms with Crippen molar-refractivity contribution in [1.82, 2.24) is 0 Å². The van der Waals surface area contributed by atoms with Crippen molar-refractivity contribution in [3.05, 3.63) is 157 Å². The molecule has 0 bridgehead atoms. The lowest BCUT2D eigenvalue weighted by Crippen LogP contribution is -2.17. The highest BCUT2D eigenvalue weighted by Gasteiger charge is 2.26. The highest BCUT2D eigenvalue weighted by atomic mass is 16.6. The number of rotatable bonds is 24. The molecule has 0 aliphatic heterocycles. The average Bonchev–Trinajstić information content (AvgIpc) is 3.42. The summed E-state index contributed by atoms with van der Waals surface area (Å²) in [4.78, 5) is 48.7. The normalized spacial score (nSPS) is 17.3. The van der Waals surface area contributed by atoms with Gasteiger partial charge in [-0.05, 0) is 158 Å². The fraction of sp³-hybridized carbons (Fsp3) is 0.361. The van der Waals surface area contributed by atoms with Gasteiger partial charge in [0.15, 0.2) is 11.5 Å². The molecule has 5 aromatic carbocycles. The molecule has 2 fully saturated rings. The molecule has 0 heterocycles. The van der Waals surface area contributed by atoms with Crippen molar-refractivity contribution >= 4 is 23.9 Å². The Morgan fingerprint density at radius 2 is 0.889 bits per heavy atom. The van der Waals surface area contributed by atoms with Crippen LogP contribution in [-0.2, 0) is 28.7 Å². The number of carbonyl (C=O) groups excluding carboxylic acids is 4. The molecule has 5 aromatic rings. The minimum Gasteiger partial charge on any atom is -0.493 e. The first-order chi connectivity index (χ1) is 35.2. The molecular weight excluding hydrogens is 907 g/mol. The highest BCUT2D eigenvalue weighted by molar-refractivity contribution is 5.81. The predicted molar refractivity (Wildman–Crippen MR) is 277 cm³/mol. The van der Waals surface area contributed by atoms with Crippen LogP contribution in [0.4, 0.5) is 0 Å². The Labute approximate surface area is 423 Å². The van der Waals surface area contributed by atoms with Crippen LogP contribution in [0.25, 0.3) is 22.3 Å². The summed E-state index contributed by atoms with van der Waals surface area (Å²) in [6.07, 6.45) is 13.7. The predicted octanol–water partition coefficient (Wildman–Crippen LogP) is 13.2. The highest BCUT2D eigenvalue weighted by Crippen LogP contribution is 2.40. The molecule has 11 heteroatoms. The molecule has 0 unspecified atom stereocenters. The fourth-order valence-corrected chi connectivity index (χ4v) is 9.65. The maximum Gasteiger partial charge on any atom is 0.330 e. The van der Waals surface area contributed by atoms with Gasteiger partial charge in [-0.3, -0.25) is 9.59 Å². The van der Waals surface area contributed by atoms with E-state index in [0.717, 1.165) is 104 Å². The van der Waals surface area contributed by atoms with Crippen LogP contribution in [0.3, 0.4) is 0 Å². The Hall–Kier alpha value is -7.45. The van der Waals surface area contributed by atoms with Crippen molar-refractivity contribution in [2.24, 2.45) is 11.8 Å². The van der Waals surface area contributed by atoms with E-state index in [1.54, 1.807) is 6.07 Å². The van der Waals surface area contributed by atoms with Crippen LogP contribution in [0.5, 0.6) is 23.0 Å². The van der Waals surface area contributed by atoms with Gasteiger partial charge in [-0.25, -0.2) is 9.59 Å². The van der Waals surface area contributed by atoms with E-state index >= 15 is 0 Å². The number of nitrogens with zero attached hydrogens (tertiary/aromatic N) is 1. The number of ether oxygens (including phenoxy) is 6. The number of hydrogen-bond acceptors (Lipinski definition) is 11. The molecule has 0 radical (unpaired) electrons. The summed E-state index contributed by atoms with van der Waals surface area (Å²) in [5.41, 5.74) is 7.45. The molecule has 0 atom stereocenters. The maximum atomic E-state index is 13.2. The third kappa shape index (κ3) is 16.0. The molecule has 2 saturated carbocycles. The molecule has 374 valence electrons. The number of benzene rings is 5. The summed E-state index contributed by atoms with van der Waals surface area (Å²) < 4.78 is 33.1. The van der Waals surface area contributed by atoms with E-state index in [2.05, 4.69) is 67.8 Å². The van der Waals surface area contributed by atoms with Crippen molar-refractivity contribution in [2.45, 2.75) is 102 Å². The van der Waals surface area contributed by atoms with Crippen LogP contribution in [0.1, 0.15) is 118 Å². The van der Waals surface area contributed by atoms with Gasteiger partial charge in [0, 0.05) is 43.9 Å². The van der Waals surface area contributed by atoms with Gasteiger partial charge in [-0.2, -0.15) is 5.26 Å². The Morgan fingerprint density at radius 1 is 0.500 bits per heavy atom. The average molecular weight is 972 g/mol. The van der Waals surface area contributed by atoms with Gasteiger partial charge < -0.3 is 28.4 Å². The molecule has 0 amide bonds. The number of carbonyl (C=O) groups is 4. The summed E-state index contributed by atoms with van der Waals surface area (Å²) in [5.74, 6) is 1.89. The van der Waals surface area contributed by atoms with Crippen LogP contribution in [0, 0.1) is 23.2 Å². The molecule has 72 heavy (non-hydrogen) atoms. The van der Waals surface area contributed by atoms with Crippen LogP contribution >= 0.6 is 0 Å². The van der Waals surface area contributed by atoms with Crippen LogP contribution < -0.4 is 18.9 Å². The summed E-state index contributed by atoms with van der Waals surface area (Å²) >= 11 is 0. The van der Waals surface area contributed by atoms with Gasteiger partial charge in [0.25, 0.3) is 0 Å². The SMILES string of the molecule is C=CC(=O)OCCCOc1ccc(-c2ccc(C3CCC(CCC(=O)Oc4ccc(C#N)cc4OC(=O)CCC4CCC(c5ccc(-c6ccc(OCCCOC(=O)C=C)cc6)cc5)CC4)CC3)cc2)cc1. The quantitative estimate of drug-likeness (QED) is 0.0252. The van der Waals surface area contributed by atoms with E-state index in [4.69, 9.17) is 28.4 Å². The van der Waals surface area contributed by atoms with E-state index < -0.39 is 17.9 Å². The smallest absolute Gasteiger partial charge is 0.330 e. The summed E-state index contributed by atoms with van der Waals surface area (Å²) in [6.45, 7) is 8.26. The van der Waals surface area contributed by atoms with Crippen molar-refractivity contribution in [2.75, 3.05) is 26.4 Å². The Bertz CT molecular complexity index is 2620. The van der Waals surface area contributed by atoms with E-state index in [9.17, 15) is 24.4 Å². The van der Waals surface area contributed by atoms with Gasteiger partial charge in [-0.15, -0.1) is 0 Å². The second-order valence-electron chi connectivity index (χ2n) is 18.7. The largest absolute Gasteiger partial charge is 0.493 e. The van der Waals surface area contributed by atoms with Crippen molar-refractivity contribution in [3.8, 4) is 51.3 Å². The first-order valence-corrected chi connectivity index (χ1v) is 25.4. The van der Waals surface area contributed by atoms with Crippen molar-refractivity contribution in [1.29, 1.82) is 5.26 Å². The van der Waals surface area contributed by atoms with E-state index in [0.29, 0.717) is 68.3 Å². The second kappa shape index (κ2) is 27.2. The zero-order valence-electron chi connectivity index (χ0n) is 41.1. The number of esters is 4. The van der Waals surface area contributed by atoms with Gasteiger partial charge >= 0.3 is 23.9 Å². The summed E-state index contributed by atoms with van der Waals surface area (Å²) in [5, 5.41) is 9.58. The zero-order valence-corrected chi connectivity index (χ0v) is 41.1. The van der Waals surface area contributed by atoms with E-state index in [1.807, 2.05) is 48.5 Å². The molecule has 0 spiro atoms. The third-order valence-corrected chi connectivity index (χ3v) is 13.8. The molecule has 2 aliphatic rings. The molecular formula is C61H65NO10. The zero-order chi connectivity index (χ0) is 50.5. The lowest BCUT2D eigenvalue weighted by molar-refractivity contribution is -0.138. The standard InChI is InChI=1S/C61H65NO10/c1-3-58(63)69-39-5-37-67-54-30-26-52(27-31-54)50-22-18-48(19-23-50)46-14-7-43(8-15-46)12-35-60(65)71-56-34-11-45(42-62)41-57(56)72-61(66)36-13-44-9-16-47(17-10-44)49-20-24-51(25-21-49)53-28-32-55(33-29-53)68-38-6-40-70-59(64)4-2/h3-4,11,18-34,41,43-44,46-47H,1-2,5-10,12-17,35-40H2. The van der Waals surface area contributed by atoms with Gasteiger partial charge in [0.2, 0.25) is 0 Å². The third-order valence-electron chi connectivity index (χ3n) is 13.8. The lowest BCUT2D eigenvalue weighted by atomic mass is 9.77. The van der Waals surface area contributed by atoms with Gasteiger partial charge in [0.05, 0.1) is 38.1 Å². The van der Waals surface area contributed by atoms with Crippen molar-refractivity contribution in [3.63, 3.8) is 0 Å². The fourth-order valence-electron chi connectivity index (χ4n) is 9.65. The number of nitriles is 1. The van der Waals surface area contributed by atoms with Crippen LogP contribution in [0.15, 0.2) is 141 Å². The molecule has 11 nitrogen and oxygen atoms in total. The van der Waals surface area contributed by atoms with E-state index in [-0.39, 0.29) is 36.9 Å². The molecule has 0 N–H and O–H groups in total. The van der Waals surface area contributed by atoms with Crippen LogP contribution in [-0.4, -0.2) is 50.3 Å². The number of hydrogen-bond donors (Lipinski definition) is 0. The monoisotopic (exact) mass is 971 g/mol. The first kappa shape index (κ1) is 52.4.